The summed E-state index contributed by atoms with van der Waals surface area (Å²) in [6.07, 6.45) is 4.42. The van der Waals surface area contributed by atoms with Gasteiger partial charge in [-0.1, -0.05) is 0 Å². The minimum atomic E-state index is 0.770. The predicted octanol–water partition coefficient (Wildman–Crippen LogP) is 3.14. The van der Waals surface area contributed by atoms with Gasteiger partial charge in [0.2, 0.25) is 0 Å². The Hall–Kier alpha value is -2.88. The summed E-state index contributed by atoms with van der Waals surface area (Å²) < 4.78 is 0. The van der Waals surface area contributed by atoms with Gasteiger partial charge in [-0.3, -0.25) is 0 Å². The first kappa shape index (κ1) is 10.9. The molecule has 4 aromatic heterocycles. The SMILES string of the molecule is c1cnc2nc3c(cc2c1)Cc1cc2cccnc2nc1-3. The van der Waals surface area contributed by atoms with Crippen LogP contribution in [0, 0.1) is 0 Å². The van der Waals surface area contributed by atoms with E-state index in [0.29, 0.717) is 0 Å². The Morgan fingerprint density at radius 1 is 0.714 bits per heavy atom. The zero-order chi connectivity index (χ0) is 13.8. The van der Waals surface area contributed by atoms with Crippen LogP contribution < -0.4 is 0 Å². The van der Waals surface area contributed by atoms with Gasteiger partial charge in [-0.05, 0) is 47.5 Å². The number of pyridine rings is 4. The maximum Gasteiger partial charge on any atom is 0.159 e. The minimum absolute atomic E-state index is 0.770. The van der Waals surface area contributed by atoms with Crippen molar-refractivity contribution in [1.82, 2.24) is 19.9 Å². The highest BCUT2D eigenvalue weighted by Gasteiger charge is 2.23. The van der Waals surface area contributed by atoms with Crippen LogP contribution >= 0.6 is 0 Å². The van der Waals surface area contributed by atoms with Crippen molar-refractivity contribution in [1.29, 1.82) is 0 Å². The zero-order valence-electron chi connectivity index (χ0n) is 11.1. The van der Waals surface area contributed by atoms with E-state index in [1.165, 1.54) is 11.1 Å². The summed E-state index contributed by atoms with van der Waals surface area (Å²) >= 11 is 0. The molecular weight excluding hydrogens is 260 g/mol. The van der Waals surface area contributed by atoms with Crippen molar-refractivity contribution in [2.24, 2.45) is 0 Å². The van der Waals surface area contributed by atoms with E-state index >= 15 is 0 Å². The van der Waals surface area contributed by atoms with Gasteiger partial charge in [0, 0.05) is 29.6 Å². The molecule has 4 heterocycles. The third-order valence-corrected chi connectivity index (χ3v) is 3.94. The number of rotatable bonds is 0. The molecular formula is C17H10N4. The van der Waals surface area contributed by atoms with Crippen molar-refractivity contribution in [3.63, 3.8) is 0 Å². The Labute approximate surface area is 120 Å². The van der Waals surface area contributed by atoms with Gasteiger partial charge in [0.15, 0.2) is 11.3 Å². The molecule has 5 rings (SSSR count). The molecule has 0 aliphatic heterocycles. The molecule has 0 fully saturated rings. The number of aromatic nitrogens is 4. The Morgan fingerprint density at radius 3 is 1.76 bits per heavy atom. The van der Waals surface area contributed by atoms with Gasteiger partial charge in [0.1, 0.15) is 0 Å². The number of nitrogens with zero attached hydrogens (tertiary/aromatic N) is 4. The third kappa shape index (κ3) is 1.50. The molecule has 98 valence electrons. The van der Waals surface area contributed by atoms with Crippen LogP contribution in [0.5, 0.6) is 0 Å². The molecule has 0 radical (unpaired) electrons. The summed E-state index contributed by atoms with van der Waals surface area (Å²) in [6.45, 7) is 0. The lowest BCUT2D eigenvalue weighted by molar-refractivity contribution is 1.23. The molecule has 0 N–H and O–H groups in total. The fourth-order valence-corrected chi connectivity index (χ4v) is 2.98. The van der Waals surface area contributed by atoms with E-state index in [-0.39, 0.29) is 0 Å². The van der Waals surface area contributed by atoms with Crippen molar-refractivity contribution in [2.45, 2.75) is 6.42 Å². The summed E-state index contributed by atoms with van der Waals surface area (Å²) in [5.74, 6) is 0. The smallest absolute Gasteiger partial charge is 0.159 e. The quantitative estimate of drug-likeness (QED) is 0.434. The lowest BCUT2D eigenvalue weighted by atomic mass is 10.1. The molecule has 1 aliphatic carbocycles. The molecule has 1 aliphatic rings. The van der Waals surface area contributed by atoms with Gasteiger partial charge in [0.25, 0.3) is 0 Å². The molecule has 0 unspecified atom stereocenters. The molecule has 4 aromatic rings. The first-order chi connectivity index (χ1) is 10.4. The van der Waals surface area contributed by atoms with Crippen molar-refractivity contribution < 1.29 is 0 Å². The molecule has 4 heteroatoms. The second-order valence-electron chi connectivity index (χ2n) is 5.27. The molecule has 0 atom stereocenters. The maximum atomic E-state index is 4.70. The number of hydrogen-bond acceptors (Lipinski definition) is 4. The molecule has 0 saturated carbocycles. The molecule has 21 heavy (non-hydrogen) atoms. The van der Waals surface area contributed by atoms with E-state index in [1.807, 2.05) is 24.3 Å². The summed E-state index contributed by atoms with van der Waals surface area (Å²) in [5, 5.41) is 2.15. The standard InChI is InChI=1S/C17H10N4/c1-3-10-7-12-9-13-8-11-4-2-6-19-17(11)21-15(13)14(12)20-16(10)18-5-1/h1-8H,9H2. The van der Waals surface area contributed by atoms with Crippen molar-refractivity contribution >= 4 is 22.1 Å². The lowest BCUT2D eigenvalue weighted by Gasteiger charge is -2.02. The fourth-order valence-electron chi connectivity index (χ4n) is 2.98. The normalized spacial score (nSPS) is 12.6. The Bertz CT molecular complexity index is 940. The lowest BCUT2D eigenvalue weighted by Crippen LogP contribution is -1.91. The van der Waals surface area contributed by atoms with Crippen LogP contribution in [-0.4, -0.2) is 19.9 Å². The first-order valence-electron chi connectivity index (χ1n) is 6.88. The van der Waals surface area contributed by atoms with Crippen LogP contribution in [0.2, 0.25) is 0 Å². The van der Waals surface area contributed by atoms with Gasteiger partial charge in [-0.2, -0.15) is 0 Å². The van der Waals surface area contributed by atoms with E-state index in [0.717, 1.165) is 39.9 Å². The fraction of sp³-hybridized carbons (Fsp3) is 0.0588. The Morgan fingerprint density at radius 2 is 1.24 bits per heavy atom. The minimum Gasteiger partial charge on any atom is -0.237 e. The summed E-state index contributed by atoms with van der Waals surface area (Å²) in [6, 6.07) is 12.3. The molecule has 0 bridgehead atoms. The monoisotopic (exact) mass is 270 g/mol. The van der Waals surface area contributed by atoms with E-state index in [9.17, 15) is 0 Å². The molecule has 0 spiro atoms. The third-order valence-electron chi connectivity index (χ3n) is 3.94. The molecule has 4 nitrogen and oxygen atoms in total. The van der Waals surface area contributed by atoms with Crippen LogP contribution in [0.4, 0.5) is 0 Å². The van der Waals surface area contributed by atoms with E-state index in [2.05, 4.69) is 22.1 Å². The van der Waals surface area contributed by atoms with Gasteiger partial charge < -0.3 is 0 Å². The average molecular weight is 270 g/mol. The van der Waals surface area contributed by atoms with Crippen molar-refractivity contribution in [3.8, 4) is 11.4 Å². The first-order valence-corrected chi connectivity index (χ1v) is 6.88. The second kappa shape index (κ2) is 3.82. The van der Waals surface area contributed by atoms with E-state index in [1.54, 1.807) is 12.4 Å². The highest BCUT2D eigenvalue weighted by Crippen LogP contribution is 2.36. The molecule has 0 aromatic carbocycles. The largest absolute Gasteiger partial charge is 0.237 e. The highest BCUT2D eigenvalue weighted by atomic mass is 14.9. The van der Waals surface area contributed by atoms with Gasteiger partial charge in [-0.25, -0.2) is 19.9 Å². The topological polar surface area (TPSA) is 51.6 Å². The predicted molar refractivity (Wildman–Crippen MR) is 80.9 cm³/mol. The van der Waals surface area contributed by atoms with Crippen LogP contribution in [0.1, 0.15) is 11.1 Å². The second-order valence-corrected chi connectivity index (χ2v) is 5.27. The van der Waals surface area contributed by atoms with Crippen molar-refractivity contribution in [3.05, 3.63) is 59.9 Å². The van der Waals surface area contributed by atoms with Crippen LogP contribution in [0.15, 0.2) is 48.8 Å². The molecule has 0 amide bonds. The maximum absolute atomic E-state index is 4.70. The van der Waals surface area contributed by atoms with Crippen LogP contribution in [0.3, 0.4) is 0 Å². The summed E-state index contributed by atoms with van der Waals surface area (Å²) in [4.78, 5) is 18.1. The van der Waals surface area contributed by atoms with E-state index < -0.39 is 0 Å². The Kier molecular flexibility index (Phi) is 1.98. The highest BCUT2D eigenvalue weighted by molar-refractivity contribution is 5.86. The average Bonchev–Trinajstić information content (AvgIpc) is 2.87. The molecule has 0 saturated heterocycles. The van der Waals surface area contributed by atoms with Gasteiger partial charge >= 0.3 is 0 Å². The van der Waals surface area contributed by atoms with Crippen LogP contribution in [-0.2, 0) is 6.42 Å². The van der Waals surface area contributed by atoms with E-state index in [4.69, 9.17) is 9.97 Å². The summed E-state index contributed by atoms with van der Waals surface area (Å²) in [7, 11) is 0. The van der Waals surface area contributed by atoms with Gasteiger partial charge in [0.05, 0.1) is 11.4 Å². The van der Waals surface area contributed by atoms with Crippen molar-refractivity contribution in [2.75, 3.05) is 0 Å². The van der Waals surface area contributed by atoms with Crippen LogP contribution in [0.25, 0.3) is 33.5 Å². The summed E-state index contributed by atoms with van der Waals surface area (Å²) in [5.41, 5.74) is 5.87. The Balaban J connectivity index is 1.84. The zero-order valence-corrected chi connectivity index (χ0v) is 11.1. The number of fused-ring (bicyclic) bond motifs is 5. The number of hydrogen-bond donors (Lipinski definition) is 0. The van der Waals surface area contributed by atoms with Gasteiger partial charge in [-0.15, -0.1) is 0 Å².